The molecule has 1 amide bonds. The van der Waals surface area contributed by atoms with Gasteiger partial charge in [0.2, 0.25) is 5.91 Å². The maximum Gasteiger partial charge on any atom is 0.224 e. The summed E-state index contributed by atoms with van der Waals surface area (Å²) in [6, 6.07) is 12.8. The molecule has 7 heteroatoms. The lowest BCUT2D eigenvalue weighted by atomic mass is 10.2. The van der Waals surface area contributed by atoms with Crippen LogP contribution in [-0.2, 0) is 11.2 Å². The molecule has 1 aromatic heterocycles. The molecule has 0 saturated heterocycles. The van der Waals surface area contributed by atoms with Crippen LogP contribution in [0.3, 0.4) is 0 Å². The molecular formula is C19H16BrClN2O3. The van der Waals surface area contributed by atoms with E-state index in [1.165, 1.54) is 7.11 Å². The highest BCUT2D eigenvalue weighted by atomic mass is 79.9. The summed E-state index contributed by atoms with van der Waals surface area (Å²) in [4.78, 5) is 16.4. The van der Waals surface area contributed by atoms with Crippen molar-refractivity contribution in [1.82, 2.24) is 4.98 Å². The molecule has 3 aromatic rings. The van der Waals surface area contributed by atoms with Gasteiger partial charge in [-0.3, -0.25) is 4.79 Å². The topological polar surface area (TPSA) is 64.4 Å². The maximum absolute atomic E-state index is 12.2. The summed E-state index contributed by atoms with van der Waals surface area (Å²) in [6.07, 6.45) is 2.29. The van der Waals surface area contributed by atoms with Gasteiger partial charge in [0, 0.05) is 27.9 Å². The summed E-state index contributed by atoms with van der Waals surface area (Å²) in [7, 11) is 1.54. The van der Waals surface area contributed by atoms with Crippen molar-refractivity contribution >= 4 is 39.1 Å². The van der Waals surface area contributed by atoms with Crippen molar-refractivity contribution in [3.05, 3.63) is 64.0 Å². The Balaban J connectivity index is 1.60. The van der Waals surface area contributed by atoms with Gasteiger partial charge >= 0.3 is 0 Å². The van der Waals surface area contributed by atoms with E-state index in [4.69, 9.17) is 20.8 Å². The third-order valence-corrected chi connectivity index (χ3v) is 4.45. The van der Waals surface area contributed by atoms with Crippen molar-refractivity contribution < 1.29 is 13.9 Å². The number of nitrogens with one attached hydrogen (secondary N) is 1. The van der Waals surface area contributed by atoms with Gasteiger partial charge in [0.1, 0.15) is 5.75 Å². The minimum absolute atomic E-state index is 0.172. The van der Waals surface area contributed by atoms with Crippen LogP contribution in [0.1, 0.15) is 12.3 Å². The molecule has 0 fully saturated rings. The highest BCUT2D eigenvalue weighted by molar-refractivity contribution is 9.10. The van der Waals surface area contributed by atoms with E-state index < -0.39 is 0 Å². The van der Waals surface area contributed by atoms with E-state index in [0.29, 0.717) is 34.5 Å². The number of oxazole rings is 1. The van der Waals surface area contributed by atoms with Crippen LogP contribution in [-0.4, -0.2) is 18.0 Å². The average molecular weight is 436 g/mol. The van der Waals surface area contributed by atoms with Crippen LogP contribution in [0, 0.1) is 0 Å². The van der Waals surface area contributed by atoms with Crippen LogP contribution < -0.4 is 10.1 Å². The van der Waals surface area contributed by atoms with Crippen molar-refractivity contribution in [2.45, 2.75) is 12.8 Å². The first-order valence-corrected chi connectivity index (χ1v) is 9.06. The molecule has 2 aromatic carbocycles. The summed E-state index contributed by atoms with van der Waals surface area (Å²) in [5.41, 5.74) is 1.47. The highest BCUT2D eigenvalue weighted by Gasteiger charge is 2.11. The van der Waals surface area contributed by atoms with E-state index in [0.717, 1.165) is 10.0 Å². The van der Waals surface area contributed by atoms with Crippen LogP contribution in [0.5, 0.6) is 5.75 Å². The number of aromatic nitrogens is 1. The van der Waals surface area contributed by atoms with Gasteiger partial charge in [-0.1, -0.05) is 39.7 Å². The molecule has 0 aliphatic heterocycles. The van der Waals surface area contributed by atoms with E-state index in [2.05, 4.69) is 26.2 Å². The molecule has 134 valence electrons. The van der Waals surface area contributed by atoms with Crippen molar-refractivity contribution in [3.63, 3.8) is 0 Å². The number of hydrogen-bond donors (Lipinski definition) is 1. The molecule has 0 unspecified atom stereocenters. The number of rotatable bonds is 6. The Morgan fingerprint density at radius 1 is 1.27 bits per heavy atom. The number of benzene rings is 2. The van der Waals surface area contributed by atoms with Crippen molar-refractivity contribution in [2.24, 2.45) is 0 Å². The van der Waals surface area contributed by atoms with Crippen molar-refractivity contribution in [3.8, 4) is 17.1 Å². The molecule has 0 radical (unpaired) electrons. The smallest absolute Gasteiger partial charge is 0.224 e. The fourth-order valence-corrected chi connectivity index (χ4v) is 2.82. The average Bonchev–Trinajstić information content (AvgIpc) is 3.10. The third-order valence-electron chi connectivity index (χ3n) is 3.68. The monoisotopic (exact) mass is 434 g/mol. The number of methoxy groups -OCH3 is 1. The quantitative estimate of drug-likeness (QED) is 0.568. The first-order chi connectivity index (χ1) is 12.5. The zero-order chi connectivity index (χ0) is 18.5. The van der Waals surface area contributed by atoms with Crippen LogP contribution in [0.25, 0.3) is 11.3 Å². The van der Waals surface area contributed by atoms with Gasteiger partial charge in [-0.2, -0.15) is 0 Å². The minimum Gasteiger partial charge on any atom is -0.495 e. The second-order valence-corrected chi connectivity index (χ2v) is 6.87. The number of hydrogen-bond acceptors (Lipinski definition) is 4. The summed E-state index contributed by atoms with van der Waals surface area (Å²) < 4.78 is 11.9. The molecule has 0 bridgehead atoms. The van der Waals surface area contributed by atoms with Gasteiger partial charge in [-0.15, -0.1) is 0 Å². The molecule has 3 rings (SSSR count). The summed E-state index contributed by atoms with van der Waals surface area (Å²) in [6.45, 7) is 0. The molecule has 5 nitrogen and oxygen atoms in total. The van der Waals surface area contributed by atoms with E-state index in [-0.39, 0.29) is 12.3 Å². The standard InChI is InChI=1S/C19H16BrClN2O3/c1-25-16-7-6-14(21)10-15(16)23-18(24)8-9-19-22-11-17(26-19)12-2-4-13(20)5-3-12/h2-7,10-11H,8-9H2,1H3,(H,23,24). The minimum atomic E-state index is -0.172. The predicted octanol–water partition coefficient (Wildman–Crippen LogP) is 5.34. The van der Waals surface area contributed by atoms with Gasteiger partial charge in [0.15, 0.2) is 11.7 Å². The Hall–Kier alpha value is -2.31. The first kappa shape index (κ1) is 18.5. The normalized spacial score (nSPS) is 10.6. The molecule has 0 aliphatic rings. The Kier molecular flexibility index (Phi) is 5.96. The highest BCUT2D eigenvalue weighted by Crippen LogP contribution is 2.28. The lowest BCUT2D eigenvalue weighted by Gasteiger charge is -2.10. The van der Waals surface area contributed by atoms with Gasteiger partial charge < -0.3 is 14.5 Å². The molecule has 1 N–H and O–H groups in total. The number of halogens is 2. The molecule has 26 heavy (non-hydrogen) atoms. The van der Waals surface area contributed by atoms with E-state index in [9.17, 15) is 4.79 Å². The number of carbonyl (C=O) groups is 1. The van der Waals surface area contributed by atoms with Crippen LogP contribution in [0.2, 0.25) is 5.02 Å². The summed E-state index contributed by atoms with van der Waals surface area (Å²) in [5.74, 6) is 1.56. The molecule has 0 atom stereocenters. The van der Waals surface area contributed by atoms with Crippen molar-refractivity contribution in [1.29, 1.82) is 0 Å². The third kappa shape index (κ3) is 4.65. The number of amides is 1. The SMILES string of the molecule is COc1ccc(Cl)cc1NC(=O)CCc1ncc(-c2ccc(Br)cc2)o1. The summed E-state index contributed by atoms with van der Waals surface area (Å²) >= 11 is 9.36. The number of anilines is 1. The fraction of sp³-hybridized carbons (Fsp3) is 0.158. The lowest BCUT2D eigenvalue weighted by molar-refractivity contribution is -0.116. The Morgan fingerprint density at radius 3 is 2.77 bits per heavy atom. The largest absolute Gasteiger partial charge is 0.495 e. The first-order valence-electron chi connectivity index (χ1n) is 7.89. The molecular weight excluding hydrogens is 420 g/mol. The maximum atomic E-state index is 12.2. The summed E-state index contributed by atoms with van der Waals surface area (Å²) in [5, 5.41) is 3.32. The Morgan fingerprint density at radius 2 is 2.04 bits per heavy atom. The van der Waals surface area contributed by atoms with Gasteiger partial charge in [0.25, 0.3) is 0 Å². The molecule has 1 heterocycles. The van der Waals surface area contributed by atoms with E-state index in [1.54, 1.807) is 24.4 Å². The predicted molar refractivity (Wildman–Crippen MR) is 105 cm³/mol. The van der Waals surface area contributed by atoms with Crippen LogP contribution in [0.15, 0.2) is 57.6 Å². The molecule has 0 spiro atoms. The number of nitrogens with zero attached hydrogens (tertiary/aromatic N) is 1. The molecule has 0 saturated carbocycles. The van der Waals surface area contributed by atoms with Gasteiger partial charge in [-0.25, -0.2) is 4.98 Å². The van der Waals surface area contributed by atoms with E-state index >= 15 is 0 Å². The second kappa shape index (κ2) is 8.38. The fourth-order valence-electron chi connectivity index (χ4n) is 2.38. The zero-order valence-electron chi connectivity index (χ0n) is 14.0. The zero-order valence-corrected chi connectivity index (χ0v) is 16.3. The molecule has 0 aliphatic carbocycles. The Bertz CT molecular complexity index is 909. The number of carbonyl (C=O) groups excluding carboxylic acids is 1. The number of aryl methyl sites for hydroxylation is 1. The van der Waals surface area contributed by atoms with Crippen LogP contribution >= 0.6 is 27.5 Å². The van der Waals surface area contributed by atoms with Crippen molar-refractivity contribution in [2.75, 3.05) is 12.4 Å². The van der Waals surface area contributed by atoms with Gasteiger partial charge in [0.05, 0.1) is 19.0 Å². The van der Waals surface area contributed by atoms with Crippen LogP contribution in [0.4, 0.5) is 5.69 Å². The van der Waals surface area contributed by atoms with E-state index in [1.807, 2.05) is 24.3 Å². The second-order valence-electron chi connectivity index (χ2n) is 5.52. The van der Waals surface area contributed by atoms with Gasteiger partial charge in [-0.05, 0) is 30.3 Å². The Labute approximate surface area is 164 Å². The lowest BCUT2D eigenvalue weighted by Crippen LogP contribution is -2.13. The number of ether oxygens (including phenoxy) is 1.